The molecular weight excluding hydrogens is 294 g/mol. The molecule has 1 aromatic rings. The van der Waals surface area contributed by atoms with Gasteiger partial charge >= 0.3 is 5.97 Å². The van der Waals surface area contributed by atoms with Gasteiger partial charge in [-0.1, -0.05) is 30.5 Å². The zero-order valence-electron chi connectivity index (χ0n) is 11.8. The molecule has 0 aliphatic heterocycles. The van der Waals surface area contributed by atoms with Gasteiger partial charge in [0.05, 0.1) is 0 Å². The van der Waals surface area contributed by atoms with E-state index in [1.165, 1.54) is 0 Å². The van der Waals surface area contributed by atoms with E-state index in [0.29, 0.717) is 23.1 Å². The van der Waals surface area contributed by atoms with Crippen molar-refractivity contribution < 1.29 is 19.4 Å². The second kappa shape index (κ2) is 6.80. The molecule has 1 fully saturated rings. The summed E-state index contributed by atoms with van der Waals surface area (Å²) in [5.74, 6) is -0.508. The fourth-order valence-corrected chi connectivity index (χ4v) is 2.20. The highest BCUT2D eigenvalue weighted by atomic mass is 35.5. The van der Waals surface area contributed by atoms with E-state index < -0.39 is 17.9 Å². The summed E-state index contributed by atoms with van der Waals surface area (Å²) in [5.41, 5.74) is 0.750. The number of carbonyl (C=O) groups excluding carboxylic acids is 1. The molecule has 6 heteroatoms. The van der Waals surface area contributed by atoms with Crippen molar-refractivity contribution in [1.82, 2.24) is 5.32 Å². The molecule has 0 spiro atoms. The van der Waals surface area contributed by atoms with Gasteiger partial charge in [0.25, 0.3) is 5.91 Å². The highest BCUT2D eigenvalue weighted by Crippen LogP contribution is 2.33. The van der Waals surface area contributed by atoms with Crippen LogP contribution in [0, 0.1) is 12.8 Å². The predicted molar refractivity (Wildman–Crippen MR) is 78.6 cm³/mol. The zero-order valence-corrected chi connectivity index (χ0v) is 12.5. The van der Waals surface area contributed by atoms with E-state index in [9.17, 15) is 9.59 Å². The fraction of sp³-hybridized carbons (Fsp3) is 0.467. The van der Waals surface area contributed by atoms with Gasteiger partial charge in [0.15, 0.2) is 6.61 Å². The van der Waals surface area contributed by atoms with Crippen molar-refractivity contribution in [2.75, 3.05) is 6.61 Å². The maximum Gasteiger partial charge on any atom is 0.326 e. The minimum Gasteiger partial charge on any atom is -0.483 e. The number of carbonyl (C=O) groups is 2. The first-order chi connectivity index (χ1) is 9.97. The van der Waals surface area contributed by atoms with Gasteiger partial charge in [0.1, 0.15) is 11.8 Å². The summed E-state index contributed by atoms with van der Waals surface area (Å²) in [7, 11) is 0. The normalized spacial score (nSPS) is 15.3. The Balaban J connectivity index is 1.85. The zero-order chi connectivity index (χ0) is 15.4. The van der Waals surface area contributed by atoms with Crippen LogP contribution in [-0.4, -0.2) is 29.6 Å². The van der Waals surface area contributed by atoms with Crippen molar-refractivity contribution in [2.24, 2.45) is 5.92 Å². The number of hydrogen-bond donors (Lipinski definition) is 2. The summed E-state index contributed by atoms with van der Waals surface area (Å²) in [6.07, 6.45) is 2.56. The van der Waals surface area contributed by atoms with Crippen LogP contribution in [0.3, 0.4) is 0 Å². The number of nitrogens with one attached hydrogen (secondary N) is 1. The Morgan fingerprint density at radius 3 is 2.81 bits per heavy atom. The van der Waals surface area contributed by atoms with Crippen LogP contribution in [0.1, 0.15) is 24.8 Å². The summed E-state index contributed by atoms with van der Waals surface area (Å²) < 4.78 is 5.39. The first kappa shape index (κ1) is 15.6. The summed E-state index contributed by atoms with van der Waals surface area (Å²) >= 11 is 5.96. The topological polar surface area (TPSA) is 75.6 Å². The first-order valence-electron chi connectivity index (χ1n) is 6.87. The van der Waals surface area contributed by atoms with Crippen LogP contribution in [-0.2, 0) is 9.59 Å². The van der Waals surface area contributed by atoms with Crippen LogP contribution in [0.2, 0.25) is 5.02 Å². The van der Waals surface area contributed by atoms with Crippen LogP contribution < -0.4 is 10.1 Å². The van der Waals surface area contributed by atoms with Gasteiger partial charge in [0.2, 0.25) is 0 Å². The lowest BCUT2D eigenvalue weighted by molar-refractivity contribution is -0.142. The third-order valence-electron chi connectivity index (χ3n) is 3.48. The average molecular weight is 312 g/mol. The van der Waals surface area contributed by atoms with E-state index in [-0.39, 0.29) is 6.61 Å². The lowest BCUT2D eigenvalue weighted by Crippen LogP contribution is -2.43. The molecule has 1 aliphatic carbocycles. The van der Waals surface area contributed by atoms with Crippen molar-refractivity contribution in [3.05, 3.63) is 28.8 Å². The number of rotatable bonds is 7. The number of hydrogen-bond acceptors (Lipinski definition) is 3. The number of aliphatic carboxylic acids is 1. The van der Waals surface area contributed by atoms with E-state index in [1.54, 1.807) is 25.1 Å². The molecule has 21 heavy (non-hydrogen) atoms. The molecule has 1 unspecified atom stereocenters. The maximum atomic E-state index is 11.8. The highest BCUT2D eigenvalue weighted by Gasteiger charge is 2.30. The molecule has 0 saturated heterocycles. The molecule has 1 aliphatic rings. The molecule has 0 aromatic heterocycles. The molecule has 114 valence electrons. The van der Waals surface area contributed by atoms with Crippen molar-refractivity contribution in [2.45, 2.75) is 32.2 Å². The first-order valence-corrected chi connectivity index (χ1v) is 7.25. The number of ether oxygens (including phenoxy) is 1. The Morgan fingerprint density at radius 2 is 2.19 bits per heavy atom. The Bertz CT molecular complexity index is 542. The molecule has 1 saturated carbocycles. The van der Waals surface area contributed by atoms with Crippen molar-refractivity contribution in [3.8, 4) is 5.75 Å². The van der Waals surface area contributed by atoms with E-state index in [1.807, 2.05) is 0 Å². The van der Waals surface area contributed by atoms with Crippen molar-refractivity contribution >= 4 is 23.5 Å². The molecule has 2 rings (SSSR count). The van der Waals surface area contributed by atoms with Crippen molar-refractivity contribution in [3.63, 3.8) is 0 Å². The largest absolute Gasteiger partial charge is 0.483 e. The average Bonchev–Trinajstić information content (AvgIpc) is 3.23. The number of carboxylic acid groups (broad SMARTS) is 1. The smallest absolute Gasteiger partial charge is 0.326 e. The van der Waals surface area contributed by atoms with E-state index in [2.05, 4.69) is 5.32 Å². The second-order valence-corrected chi connectivity index (χ2v) is 5.70. The van der Waals surface area contributed by atoms with Gasteiger partial charge < -0.3 is 15.2 Å². The molecular formula is C15H18ClNO4. The third-order valence-corrected chi connectivity index (χ3v) is 3.89. The Labute approximate surface area is 128 Å². The van der Waals surface area contributed by atoms with Crippen molar-refractivity contribution in [1.29, 1.82) is 0 Å². The van der Waals surface area contributed by atoms with Crippen LogP contribution in [0.5, 0.6) is 5.75 Å². The SMILES string of the molecule is Cc1c(Cl)cccc1OCC(=O)NC(CC1CC1)C(=O)O. The summed E-state index contributed by atoms with van der Waals surface area (Å²) in [6, 6.07) is 4.34. The summed E-state index contributed by atoms with van der Waals surface area (Å²) in [5, 5.41) is 12.1. The third kappa shape index (κ3) is 4.63. The monoisotopic (exact) mass is 311 g/mol. The van der Waals surface area contributed by atoms with Crippen LogP contribution in [0.25, 0.3) is 0 Å². The Hall–Kier alpha value is -1.75. The summed E-state index contributed by atoms with van der Waals surface area (Å²) in [4.78, 5) is 22.9. The van der Waals surface area contributed by atoms with Gasteiger partial charge in [0, 0.05) is 10.6 Å². The lowest BCUT2D eigenvalue weighted by Gasteiger charge is -2.15. The highest BCUT2D eigenvalue weighted by molar-refractivity contribution is 6.31. The van der Waals surface area contributed by atoms with Crippen LogP contribution in [0.4, 0.5) is 0 Å². The Kier molecular flexibility index (Phi) is 5.07. The van der Waals surface area contributed by atoms with Gasteiger partial charge in [-0.05, 0) is 31.4 Å². The quantitative estimate of drug-likeness (QED) is 0.810. The molecule has 0 radical (unpaired) electrons. The molecule has 2 N–H and O–H groups in total. The van der Waals surface area contributed by atoms with Gasteiger partial charge in [-0.2, -0.15) is 0 Å². The number of halogens is 1. The minimum absolute atomic E-state index is 0.227. The van der Waals surface area contributed by atoms with Gasteiger partial charge in [-0.15, -0.1) is 0 Å². The maximum absolute atomic E-state index is 11.8. The standard InChI is InChI=1S/C15H18ClNO4/c1-9-11(16)3-2-4-13(9)21-8-14(18)17-12(15(19)20)7-10-5-6-10/h2-4,10,12H,5-8H2,1H3,(H,17,18)(H,19,20). The number of carboxylic acids is 1. The van der Waals surface area contributed by atoms with E-state index in [4.69, 9.17) is 21.4 Å². The summed E-state index contributed by atoms with van der Waals surface area (Å²) in [6.45, 7) is 1.57. The second-order valence-electron chi connectivity index (χ2n) is 5.29. The molecule has 1 amide bonds. The molecule has 1 atom stereocenters. The number of benzene rings is 1. The lowest BCUT2D eigenvalue weighted by atomic mass is 10.1. The number of amides is 1. The Morgan fingerprint density at radius 1 is 1.48 bits per heavy atom. The van der Waals surface area contributed by atoms with Crippen LogP contribution >= 0.6 is 11.6 Å². The molecule has 0 bridgehead atoms. The molecule has 5 nitrogen and oxygen atoms in total. The van der Waals surface area contributed by atoms with E-state index in [0.717, 1.165) is 18.4 Å². The fourth-order valence-electron chi connectivity index (χ4n) is 2.03. The predicted octanol–water partition coefficient (Wildman–Crippen LogP) is 2.40. The molecule has 0 heterocycles. The van der Waals surface area contributed by atoms with Gasteiger partial charge in [-0.25, -0.2) is 4.79 Å². The van der Waals surface area contributed by atoms with Gasteiger partial charge in [-0.3, -0.25) is 4.79 Å². The molecule has 1 aromatic carbocycles. The van der Waals surface area contributed by atoms with Crippen LogP contribution in [0.15, 0.2) is 18.2 Å². The van der Waals surface area contributed by atoms with E-state index >= 15 is 0 Å². The minimum atomic E-state index is -1.01.